The van der Waals surface area contributed by atoms with Crippen LogP contribution in [0, 0.1) is 0 Å². The SMILES string of the molecule is C=C(COC)C1(F)CCC(C)NC1. The summed E-state index contributed by atoms with van der Waals surface area (Å²) in [6.07, 6.45) is 1.42. The van der Waals surface area contributed by atoms with Gasteiger partial charge in [-0.1, -0.05) is 6.58 Å². The van der Waals surface area contributed by atoms with Gasteiger partial charge >= 0.3 is 0 Å². The van der Waals surface area contributed by atoms with Gasteiger partial charge < -0.3 is 10.1 Å². The van der Waals surface area contributed by atoms with Gasteiger partial charge in [-0.25, -0.2) is 4.39 Å². The second-order valence-electron chi connectivity index (χ2n) is 3.82. The van der Waals surface area contributed by atoms with Crippen LogP contribution in [0.1, 0.15) is 19.8 Å². The maximum Gasteiger partial charge on any atom is 0.146 e. The summed E-state index contributed by atoms with van der Waals surface area (Å²) in [5, 5.41) is 3.12. The summed E-state index contributed by atoms with van der Waals surface area (Å²) in [6.45, 7) is 6.48. The Hall–Kier alpha value is -0.410. The van der Waals surface area contributed by atoms with E-state index in [0.717, 1.165) is 6.42 Å². The van der Waals surface area contributed by atoms with Crippen molar-refractivity contribution in [1.29, 1.82) is 0 Å². The first-order valence-electron chi connectivity index (χ1n) is 4.68. The molecule has 13 heavy (non-hydrogen) atoms. The number of methoxy groups -OCH3 is 1. The van der Waals surface area contributed by atoms with Crippen molar-refractivity contribution in [2.75, 3.05) is 20.3 Å². The third-order valence-electron chi connectivity index (χ3n) is 2.66. The van der Waals surface area contributed by atoms with E-state index in [1.165, 1.54) is 0 Å². The minimum absolute atomic E-state index is 0.312. The van der Waals surface area contributed by atoms with Crippen molar-refractivity contribution < 1.29 is 9.13 Å². The molecule has 2 nitrogen and oxygen atoms in total. The lowest BCUT2D eigenvalue weighted by Gasteiger charge is -2.34. The first kappa shape index (κ1) is 10.7. The van der Waals surface area contributed by atoms with Crippen molar-refractivity contribution >= 4 is 0 Å². The molecule has 1 fully saturated rings. The molecule has 0 amide bonds. The van der Waals surface area contributed by atoms with Crippen LogP contribution in [-0.4, -0.2) is 32.0 Å². The first-order chi connectivity index (χ1) is 6.08. The van der Waals surface area contributed by atoms with Crippen molar-refractivity contribution in [3.05, 3.63) is 12.2 Å². The highest BCUT2D eigenvalue weighted by Crippen LogP contribution is 2.29. The van der Waals surface area contributed by atoms with E-state index in [9.17, 15) is 4.39 Å². The standard InChI is InChI=1S/C10H18FNO/c1-8(6-13-3)10(11)5-4-9(2)12-7-10/h9,12H,1,4-7H2,2-3H3. The summed E-state index contributed by atoms with van der Waals surface area (Å²) >= 11 is 0. The van der Waals surface area contributed by atoms with Crippen molar-refractivity contribution in [3.8, 4) is 0 Å². The summed E-state index contributed by atoms with van der Waals surface area (Å²) in [4.78, 5) is 0. The summed E-state index contributed by atoms with van der Waals surface area (Å²) in [5.41, 5.74) is -0.711. The van der Waals surface area contributed by atoms with Gasteiger partial charge in [-0.05, 0) is 25.3 Å². The van der Waals surface area contributed by atoms with E-state index in [0.29, 0.717) is 31.2 Å². The van der Waals surface area contributed by atoms with Crippen LogP contribution in [0.25, 0.3) is 0 Å². The van der Waals surface area contributed by atoms with Gasteiger partial charge in [-0.15, -0.1) is 0 Å². The van der Waals surface area contributed by atoms with E-state index in [-0.39, 0.29) is 0 Å². The third kappa shape index (κ3) is 2.51. The van der Waals surface area contributed by atoms with Gasteiger partial charge in [-0.2, -0.15) is 0 Å². The van der Waals surface area contributed by atoms with Crippen LogP contribution in [0.4, 0.5) is 4.39 Å². The molecule has 0 bridgehead atoms. The molecule has 2 atom stereocenters. The third-order valence-corrected chi connectivity index (χ3v) is 2.66. The Morgan fingerprint density at radius 1 is 1.77 bits per heavy atom. The van der Waals surface area contributed by atoms with Crippen LogP contribution in [0.15, 0.2) is 12.2 Å². The lowest BCUT2D eigenvalue weighted by atomic mass is 9.87. The van der Waals surface area contributed by atoms with Gasteiger partial charge in [0.15, 0.2) is 0 Å². The number of hydrogen-bond donors (Lipinski definition) is 1. The number of alkyl halides is 1. The molecule has 1 rings (SSSR count). The number of ether oxygens (including phenoxy) is 1. The second-order valence-corrected chi connectivity index (χ2v) is 3.82. The molecular weight excluding hydrogens is 169 g/mol. The maximum absolute atomic E-state index is 14.1. The normalized spacial score (nSPS) is 34.5. The first-order valence-corrected chi connectivity index (χ1v) is 4.68. The zero-order valence-electron chi connectivity index (χ0n) is 8.40. The molecule has 1 aliphatic rings. The topological polar surface area (TPSA) is 21.3 Å². The average molecular weight is 187 g/mol. The highest BCUT2D eigenvalue weighted by atomic mass is 19.1. The van der Waals surface area contributed by atoms with Crippen LogP contribution in [0.3, 0.4) is 0 Å². The fourth-order valence-electron chi connectivity index (χ4n) is 1.58. The Bertz CT molecular complexity index is 185. The molecule has 1 aliphatic heterocycles. The quantitative estimate of drug-likeness (QED) is 0.679. The molecule has 3 heteroatoms. The Morgan fingerprint density at radius 2 is 2.46 bits per heavy atom. The molecule has 0 saturated carbocycles. The van der Waals surface area contributed by atoms with Gasteiger partial charge in [0.2, 0.25) is 0 Å². The Kier molecular flexibility index (Phi) is 3.45. The largest absolute Gasteiger partial charge is 0.380 e. The fraction of sp³-hybridized carbons (Fsp3) is 0.800. The minimum Gasteiger partial charge on any atom is -0.380 e. The Labute approximate surface area is 79.2 Å². The van der Waals surface area contributed by atoms with Crippen molar-refractivity contribution in [1.82, 2.24) is 5.32 Å². The molecule has 0 aliphatic carbocycles. The summed E-state index contributed by atoms with van der Waals surface area (Å²) in [5.74, 6) is 0. The van der Waals surface area contributed by atoms with Crippen molar-refractivity contribution in [3.63, 3.8) is 0 Å². The lowest BCUT2D eigenvalue weighted by molar-refractivity contribution is 0.117. The van der Waals surface area contributed by atoms with Crippen LogP contribution in [0.2, 0.25) is 0 Å². The molecule has 0 radical (unpaired) electrons. The number of halogens is 1. The van der Waals surface area contributed by atoms with Gasteiger partial charge in [0, 0.05) is 19.7 Å². The van der Waals surface area contributed by atoms with Crippen LogP contribution >= 0.6 is 0 Å². The van der Waals surface area contributed by atoms with Gasteiger partial charge in [-0.3, -0.25) is 0 Å². The van der Waals surface area contributed by atoms with E-state index in [1.54, 1.807) is 7.11 Å². The number of hydrogen-bond acceptors (Lipinski definition) is 2. The smallest absolute Gasteiger partial charge is 0.146 e. The monoisotopic (exact) mass is 187 g/mol. The molecule has 1 heterocycles. The predicted octanol–water partition coefficient (Wildman–Crippen LogP) is 1.67. The molecular formula is C10H18FNO. The maximum atomic E-state index is 14.1. The highest BCUT2D eigenvalue weighted by Gasteiger charge is 2.36. The molecule has 0 aromatic rings. The van der Waals surface area contributed by atoms with E-state index < -0.39 is 5.67 Å². The van der Waals surface area contributed by atoms with Crippen LogP contribution < -0.4 is 5.32 Å². The number of nitrogens with one attached hydrogen (secondary N) is 1. The molecule has 0 spiro atoms. The zero-order chi connectivity index (χ0) is 9.90. The van der Waals surface area contributed by atoms with E-state index in [2.05, 4.69) is 18.8 Å². The van der Waals surface area contributed by atoms with Gasteiger partial charge in [0.05, 0.1) is 6.61 Å². The fourth-order valence-corrected chi connectivity index (χ4v) is 1.58. The average Bonchev–Trinajstić information content (AvgIpc) is 2.11. The summed E-state index contributed by atoms with van der Waals surface area (Å²) < 4.78 is 19.0. The predicted molar refractivity (Wildman–Crippen MR) is 51.6 cm³/mol. The van der Waals surface area contributed by atoms with Crippen LogP contribution in [-0.2, 0) is 4.74 Å². The van der Waals surface area contributed by atoms with E-state index >= 15 is 0 Å². The second kappa shape index (κ2) is 4.20. The van der Waals surface area contributed by atoms with Crippen LogP contribution in [0.5, 0.6) is 0 Å². The highest BCUT2D eigenvalue weighted by molar-refractivity contribution is 5.16. The van der Waals surface area contributed by atoms with Crippen molar-refractivity contribution in [2.24, 2.45) is 0 Å². The molecule has 2 unspecified atom stereocenters. The summed E-state index contributed by atoms with van der Waals surface area (Å²) in [7, 11) is 1.56. The minimum atomic E-state index is -1.26. The van der Waals surface area contributed by atoms with E-state index in [1.807, 2.05) is 0 Å². The number of rotatable bonds is 3. The summed E-state index contributed by atoms with van der Waals surface area (Å²) in [6, 6.07) is 0.416. The molecule has 0 aromatic heterocycles. The number of piperidine rings is 1. The van der Waals surface area contributed by atoms with E-state index in [4.69, 9.17) is 4.74 Å². The Balaban J connectivity index is 2.51. The molecule has 76 valence electrons. The molecule has 0 aromatic carbocycles. The van der Waals surface area contributed by atoms with Gasteiger partial charge in [0.1, 0.15) is 5.67 Å². The van der Waals surface area contributed by atoms with Gasteiger partial charge in [0.25, 0.3) is 0 Å². The van der Waals surface area contributed by atoms with Crippen molar-refractivity contribution in [2.45, 2.75) is 31.5 Å². The molecule has 1 saturated heterocycles. The lowest BCUT2D eigenvalue weighted by Crippen LogP contribution is -2.48. The Morgan fingerprint density at radius 3 is 2.92 bits per heavy atom. The molecule has 1 N–H and O–H groups in total. The zero-order valence-corrected chi connectivity index (χ0v) is 8.40.